The van der Waals surface area contributed by atoms with E-state index in [0.29, 0.717) is 11.2 Å². The molecule has 8 heteroatoms. The Morgan fingerprint density at radius 1 is 1.11 bits per heavy atom. The Kier molecular flexibility index (Phi) is 7.17. The monoisotopic (exact) mass is 255 g/mol. The van der Waals surface area contributed by atoms with Gasteiger partial charge in [-0.05, 0) is 17.6 Å². The van der Waals surface area contributed by atoms with Crippen LogP contribution in [0.15, 0.2) is 24.3 Å². The van der Waals surface area contributed by atoms with Crippen LogP contribution in [0.1, 0.15) is 12.8 Å². The van der Waals surface area contributed by atoms with Gasteiger partial charge >= 0.3 is 19.1 Å². The number of aliphatic carboxylic acids is 2. The molecule has 18 heavy (non-hydrogen) atoms. The summed E-state index contributed by atoms with van der Waals surface area (Å²) in [7, 11) is -1.43. The molecule has 0 radical (unpaired) electrons. The zero-order valence-corrected chi connectivity index (χ0v) is 9.48. The minimum absolute atomic E-state index is 0.296. The summed E-state index contributed by atoms with van der Waals surface area (Å²) in [5.74, 6) is -2.15. The minimum atomic E-state index is -1.43. The van der Waals surface area contributed by atoms with E-state index in [1.54, 1.807) is 18.2 Å². The Morgan fingerprint density at radius 3 is 1.89 bits per heavy atom. The third-order valence-corrected chi connectivity index (χ3v) is 1.76. The molecule has 0 saturated heterocycles. The molecular weight excluding hydrogens is 241 g/mol. The van der Waals surface area contributed by atoms with Gasteiger partial charge in [0.25, 0.3) is 0 Å². The highest BCUT2D eigenvalue weighted by Crippen LogP contribution is 1.96. The molecular formula is C10H14BNO6. The van der Waals surface area contributed by atoms with Crippen molar-refractivity contribution in [3.05, 3.63) is 24.3 Å². The van der Waals surface area contributed by atoms with Crippen LogP contribution in [0, 0.1) is 0 Å². The molecule has 7 nitrogen and oxygen atoms in total. The van der Waals surface area contributed by atoms with Crippen molar-refractivity contribution in [2.24, 2.45) is 0 Å². The lowest BCUT2D eigenvalue weighted by Gasteiger charge is -1.98. The fraction of sp³-hybridized carbons (Fsp3) is 0.200. The van der Waals surface area contributed by atoms with E-state index in [1.165, 1.54) is 6.07 Å². The largest absolute Gasteiger partial charge is 0.488 e. The summed E-state index contributed by atoms with van der Waals surface area (Å²) in [5.41, 5.74) is 6.32. The molecule has 0 heterocycles. The van der Waals surface area contributed by atoms with Crippen molar-refractivity contribution in [3.8, 4) is 0 Å². The van der Waals surface area contributed by atoms with Crippen LogP contribution in [0.5, 0.6) is 0 Å². The molecule has 0 amide bonds. The summed E-state index contributed by atoms with van der Waals surface area (Å²) in [6, 6.07) is 6.47. The Morgan fingerprint density at radius 2 is 1.61 bits per heavy atom. The van der Waals surface area contributed by atoms with Gasteiger partial charge in [-0.3, -0.25) is 9.59 Å². The van der Waals surface area contributed by atoms with E-state index in [9.17, 15) is 9.59 Å². The van der Waals surface area contributed by atoms with Gasteiger partial charge in [-0.2, -0.15) is 0 Å². The first-order chi connectivity index (χ1) is 8.32. The van der Waals surface area contributed by atoms with Crippen LogP contribution in [0.25, 0.3) is 0 Å². The van der Waals surface area contributed by atoms with E-state index in [2.05, 4.69) is 0 Å². The maximum Gasteiger partial charge on any atom is 0.488 e. The molecule has 0 unspecified atom stereocenters. The molecule has 6 N–H and O–H groups in total. The first kappa shape index (κ1) is 15.9. The number of nitrogen functional groups attached to an aromatic ring is 1. The molecule has 0 fully saturated rings. The molecule has 1 aromatic rings. The summed E-state index contributed by atoms with van der Waals surface area (Å²) >= 11 is 0. The van der Waals surface area contributed by atoms with Crippen molar-refractivity contribution in [1.29, 1.82) is 0 Å². The SMILES string of the molecule is Nc1cccc(B(O)O)c1.O=C(O)CCC(=O)O. The van der Waals surface area contributed by atoms with Gasteiger partial charge in [0, 0.05) is 5.69 Å². The average Bonchev–Trinajstić information content (AvgIpc) is 2.27. The van der Waals surface area contributed by atoms with Gasteiger partial charge in [-0.15, -0.1) is 0 Å². The number of carboxylic acids is 2. The highest BCUT2D eigenvalue weighted by atomic mass is 16.4. The number of rotatable bonds is 4. The summed E-state index contributed by atoms with van der Waals surface area (Å²) in [6.45, 7) is 0. The van der Waals surface area contributed by atoms with E-state index in [1.807, 2.05) is 0 Å². The second-order valence-corrected chi connectivity index (χ2v) is 3.33. The van der Waals surface area contributed by atoms with Crippen molar-refractivity contribution >= 4 is 30.2 Å². The van der Waals surface area contributed by atoms with Gasteiger partial charge in [0.15, 0.2) is 0 Å². The fourth-order valence-electron chi connectivity index (χ4n) is 0.933. The van der Waals surface area contributed by atoms with Gasteiger partial charge in [-0.25, -0.2) is 0 Å². The molecule has 0 aromatic heterocycles. The number of nitrogens with two attached hydrogens (primary N) is 1. The Balaban J connectivity index is 0.000000331. The molecule has 1 rings (SSSR count). The highest BCUT2D eigenvalue weighted by molar-refractivity contribution is 6.58. The normalized spacial score (nSPS) is 9.00. The summed E-state index contributed by atoms with van der Waals surface area (Å²) in [6.07, 6.45) is -0.593. The minimum Gasteiger partial charge on any atom is -0.481 e. The summed E-state index contributed by atoms with van der Waals surface area (Å²) in [5, 5.41) is 33.1. The Bertz CT molecular complexity index is 395. The molecule has 98 valence electrons. The average molecular weight is 255 g/mol. The number of anilines is 1. The smallest absolute Gasteiger partial charge is 0.481 e. The predicted octanol–water partition coefficient (Wildman–Crippen LogP) is -1.12. The standard InChI is InChI=1S/C6H8BNO2.C4H6O4/c8-6-3-1-2-5(4-6)7(9)10;5-3(6)1-2-4(7)8/h1-4,9-10H,8H2;1-2H2,(H,5,6)(H,7,8). The molecule has 0 saturated carbocycles. The molecule has 0 bridgehead atoms. The number of hydrogen-bond acceptors (Lipinski definition) is 5. The topological polar surface area (TPSA) is 141 Å². The first-order valence-electron chi connectivity index (χ1n) is 4.98. The third kappa shape index (κ3) is 8.14. The molecule has 0 aliphatic carbocycles. The number of hydrogen-bond donors (Lipinski definition) is 5. The van der Waals surface area contributed by atoms with E-state index in [-0.39, 0.29) is 12.8 Å². The van der Waals surface area contributed by atoms with Crippen LogP contribution in [0.3, 0.4) is 0 Å². The predicted molar refractivity (Wildman–Crippen MR) is 65.2 cm³/mol. The zero-order chi connectivity index (χ0) is 14.1. The molecule has 0 aliphatic heterocycles. The lowest BCUT2D eigenvalue weighted by molar-refractivity contribution is -0.143. The van der Waals surface area contributed by atoms with E-state index < -0.39 is 19.1 Å². The van der Waals surface area contributed by atoms with Crippen molar-refractivity contribution in [2.45, 2.75) is 12.8 Å². The van der Waals surface area contributed by atoms with E-state index >= 15 is 0 Å². The Hall–Kier alpha value is -2.06. The number of benzene rings is 1. The molecule has 0 aliphatic rings. The van der Waals surface area contributed by atoms with Crippen LogP contribution in [0.2, 0.25) is 0 Å². The van der Waals surface area contributed by atoms with Crippen LogP contribution in [0.4, 0.5) is 5.69 Å². The lowest BCUT2D eigenvalue weighted by atomic mass is 9.80. The van der Waals surface area contributed by atoms with Crippen molar-refractivity contribution < 1.29 is 29.9 Å². The lowest BCUT2D eigenvalue weighted by Crippen LogP contribution is -2.29. The fourth-order valence-corrected chi connectivity index (χ4v) is 0.933. The molecule has 0 atom stereocenters. The third-order valence-electron chi connectivity index (χ3n) is 1.76. The number of carbonyl (C=O) groups is 2. The highest BCUT2D eigenvalue weighted by Gasteiger charge is 2.09. The van der Waals surface area contributed by atoms with E-state index in [0.717, 1.165) is 0 Å². The maximum absolute atomic E-state index is 9.64. The Labute approximate surface area is 104 Å². The number of carboxylic acid groups (broad SMARTS) is 2. The van der Waals surface area contributed by atoms with Gasteiger partial charge in [-0.1, -0.05) is 12.1 Å². The second-order valence-electron chi connectivity index (χ2n) is 3.33. The van der Waals surface area contributed by atoms with Gasteiger partial charge in [0.2, 0.25) is 0 Å². The van der Waals surface area contributed by atoms with Crippen LogP contribution in [-0.2, 0) is 9.59 Å². The van der Waals surface area contributed by atoms with Gasteiger partial charge in [0.1, 0.15) is 0 Å². The first-order valence-corrected chi connectivity index (χ1v) is 4.98. The zero-order valence-electron chi connectivity index (χ0n) is 9.48. The van der Waals surface area contributed by atoms with Gasteiger partial charge < -0.3 is 26.0 Å². The quantitative estimate of drug-likeness (QED) is 0.339. The van der Waals surface area contributed by atoms with Crippen molar-refractivity contribution in [2.75, 3.05) is 5.73 Å². The summed E-state index contributed by atoms with van der Waals surface area (Å²) < 4.78 is 0. The summed E-state index contributed by atoms with van der Waals surface area (Å²) in [4.78, 5) is 19.3. The molecule has 1 aromatic carbocycles. The van der Waals surface area contributed by atoms with Crippen LogP contribution >= 0.6 is 0 Å². The maximum atomic E-state index is 9.64. The van der Waals surface area contributed by atoms with Crippen molar-refractivity contribution in [1.82, 2.24) is 0 Å². The second kappa shape index (κ2) is 8.10. The van der Waals surface area contributed by atoms with Crippen LogP contribution < -0.4 is 11.2 Å². The molecule has 0 spiro atoms. The van der Waals surface area contributed by atoms with Crippen molar-refractivity contribution in [3.63, 3.8) is 0 Å². The van der Waals surface area contributed by atoms with E-state index in [4.69, 9.17) is 26.0 Å². The van der Waals surface area contributed by atoms with Crippen LogP contribution in [-0.4, -0.2) is 39.3 Å². The van der Waals surface area contributed by atoms with Gasteiger partial charge in [0.05, 0.1) is 12.8 Å².